The molecule has 1 fully saturated rings. The Morgan fingerprint density at radius 1 is 1.04 bits per heavy atom. The molecule has 1 saturated heterocycles. The molecule has 2 heterocycles. The summed E-state index contributed by atoms with van der Waals surface area (Å²) < 4.78 is 10.7. The first-order chi connectivity index (χ1) is 13.4. The van der Waals surface area contributed by atoms with Crippen LogP contribution in [0.3, 0.4) is 0 Å². The van der Waals surface area contributed by atoms with E-state index in [2.05, 4.69) is 13.8 Å². The van der Waals surface area contributed by atoms with Crippen LogP contribution in [0.4, 0.5) is 0 Å². The second-order valence-corrected chi connectivity index (χ2v) is 7.44. The summed E-state index contributed by atoms with van der Waals surface area (Å²) in [7, 11) is 0. The zero-order chi connectivity index (χ0) is 20.1. The normalized spacial score (nSPS) is 14.5. The molecule has 0 aliphatic carbocycles. The fraction of sp³-hybridized carbons (Fsp3) is 0.476. The maximum atomic E-state index is 12.4. The van der Waals surface area contributed by atoms with Crippen LogP contribution in [-0.2, 0) is 9.59 Å². The van der Waals surface area contributed by atoms with E-state index in [-0.39, 0.29) is 18.4 Å². The third kappa shape index (κ3) is 5.12. The van der Waals surface area contributed by atoms with Gasteiger partial charge in [-0.2, -0.15) is 0 Å². The van der Waals surface area contributed by atoms with Gasteiger partial charge in [-0.1, -0.05) is 13.8 Å². The minimum atomic E-state index is -0.429. The van der Waals surface area contributed by atoms with Crippen molar-refractivity contribution in [1.29, 1.82) is 0 Å². The molecule has 1 aliphatic heterocycles. The molecule has 1 aromatic heterocycles. The monoisotopic (exact) mass is 386 g/mol. The first kappa shape index (κ1) is 19.9. The quantitative estimate of drug-likeness (QED) is 0.712. The number of nitrogens with zero attached hydrogens (tertiary/aromatic N) is 2. The van der Waals surface area contributed by atoms with Gasteiger partial charge in [0.1, 0.15) is 11.3 Å². The average molecular weight is 386 g/mol. The molecule has 0 radical (unpaired) electrons. The SMILES string of the molecule is CC(C)CCC(=O)N1CCN(C(=O)COc2ccc3ccc(=O)oc3c2)CC1. The lowest BCUT2D eigenvalue weighted by Gasteiger charge is -2.34. The average Bonchev–Trinajstić information content (AvgIpc) is 2.70. The molecular formula is C21H26N2O5. The zero-order valence-corrected chi connectivity index (χ0v) is 16.3. The maximum absolute atomic E-state index is 12.4. The van der Waals surface area contributed by atoms with Gasteiger partial charge in [0.05, 0.1) is 0 Å². The van der Waals surface area contributed by atoms with Crippen molar-refractivity contribution in [3.63, 3.8) is 0 Å². The van der Waals surface area contributed by atoms with Crippen LogP contribution in [0.5, 0.6) is 5.75 Å². The van der Waals surface area contributed by atoms with Gasteiger partial charge in [-0.05, 0) is 30.5 Å². The molecule has 2 aromatic rings. The summed E-state index contributed by atoms with van der Waals surface area (Å²) >= 11 is 0. The molecule has 3 rings (SSSR count). The molecular weight excluding hydrogens is 360 g/mol. The number of carbonyl (C=O) groups excluding carboxylic acids is 2. The Morgan fingerprint density at radius 2 is 1.68 bits per heavy atom. The molecule has 7 heteroatoms. The molecule has 1 aromatic carbocycles. The Morgan fingerprint density at radius 3 is 2.36 bits per heavy atom. The van der Waals surface area contributed by atoms with Crippen molar-refractivity contribution in [2.75, 3.05) is 32.8 Å². The van der Waals surface area contributed by atoms with Crippen molar-refractivity contribution in [1.82, 2.24) is 9.80 Å². The van der Waals surface area contributed by atoms with Crippen molar-refractivity contribution in [3.05, 3.63) is 40.8 Å². The van der Waals surface area contributed by atoms with Gasteiger partial charge in [-0.25, -0.2) is 4.79 Å². The van der Waals surface area contributed by atoms with E-state index in [0.29, 0.717) is 49.9 Å². The zero-order valence-electron chi connectivity index (χ0n) is 16.3. The van der Waals surface area contributed by atoms with E-state index >= 15 is 0 Å². The van der Waals surface area contributed by atoms with Crippen LogP contribution in [0, 0.1) is 5.92 Å². The summed E-state index contributed by atoms with van der Waals surface area (Å²) in [4.78, 5) is 39.5. The van der Waals surface area contributed by atoms with Crippen molar-refractivity contribution < 1.29 is 18.7 Å². The molecule has 0 bridgehead atoms. The summed E-state index contributed by atoms with van der Waals surface area (Å²) in [5.74, 6) is 1.02. The highest BCUT2D eigenvalue weighted by molar-refractivity contribution is 5.80. The highest BCUT2D eigenvalue weighted by Crippen LogP contribution is 2.19. The Kier molecular flexibility index (Phi) is 6.34. The first-order valence-electron chi connectivity index (χ1n) is 9.64. The van der Waals surface area contributed by atoms with Gasteiger partial charge in [0.2, 0.25) is 5.91 Å². The van der Waals surface area contributed by atoms with Crippen molar-refractivity contribution in [2.24, 2.45) is 5.92 Å². The van der Waals surface area contributed by atoms with Crippen LogP contribution in [0.15, 0.2) is 39.5 Å². The molecule has 0 unspecified atom stereocenters. The second-order valence-electron chi connectivity index (χ2n) is 7.44. The molecule has 0 saturated carbocycles. The van der Waals surface area contributed by atoms with E-state index in [1.165, 1.54) is 6.07 Å². The summed E-state index contributed by atoms with van der Waals surface area (Å²) in [5, 5.41) is 0.788. The molecule has 2 amide bonds. The molecule has 1 aliphatic rings. The van der Waals surface area contributed by atoms with Gasteiger partial charge in [0, 0.05) is 50.1 Å². The minimum Gasteiger partial charge on any atom is -0.484 e. The van der Waals surface area contributed by atoms with Gasteiger partial charge in [0.25, 0.3) is 5.91 Å². The Labute approximate surface area is 163 Å². The van der Waals surface area contributed by atoms with Crippen LogP contribution in [0.1, 0.15) is 26.7 Å². The summed E-state index contributed by atoms with van der Waals surface area (Å²) in [6.45, 7) is 6.27. The predicted octanol–water partition coefficient (Wildman–Crippen LogP) is 2.28. The Balaban J connectivity index is 1.48. The highest BCUT2D eigenvalue weighted by Gasteiger charge is 2.24. The largest absolute Gasteiger partial charge is 0.484 e. The standard InChI is InChI=1S/C21H26N2O5/c1-15(2)3-7-19(24)22-9-11-23(12-10-22)20(25)14-27-17-6-4-16-5-8-21(26)28-18(16)13-17/h4-6,8,13,15H,3,7,9-12,14H2,1-2H3. The molecule has 7 nitrogen and oxygen atoms in total. The number of fused-ring (bicyclic) bond motifs is 1. The molecule has 0 N–H and O–H groups in total. The Bertz CT molecular complexity index is 897. The van der Waals surface area contributed by atoms with Crippen molar-refractivity contribution in [2.45, 2.75) is 26.7 Å². The minimum absolute atomic E-state index is 0.0934. The van der Waals surface area contributed by atoms with Gasteiger partial charge < -0.3 is 19.0 Å². The van der Waals surface area contributed by atoms with E-state index in [1.54, 1.807) is 29.2 Å². The number of ether oxygens (including phenoxy) is 1. The van der Waals surface area contributed by atoms with Gasteiger partial charge >= 0.3 is 5.63 Å². The fourth-order valence-corrected chi connectivity index (χ4v) is 3.14. The molecule has 28 heavy (non-hydrogen) atoms. The van der Waals surface area contributed by atoms with Crippen molar-refractivity contribution in [3.8, 4) is 5.75 Å². The number of carbonyl (C=O) groups is 2. The lowest BCUT2D eigenvalue weighted by molar-refractivity contribution is -0.140. The van der Waals surface area contributed by atoms with Crippen LogP contribution < -0.4 is 10.4 Å². The van der Waals surface area contributed by atoms with E-state index in [9.17, 15) is 14.4 Å². The third-order valence-electron chi connectivity index (χ3n) is 4.88. The topological polar surface area (TPSA) is 80.1 Å². The van der Waals surface area contributed by atoms with Crippen LogP contribution in [-0.4, -0.2) is 54.4 Å². The van der Waals surface area contributed by atoms with E-state index < -0.39 is 5.63 Å². The number of rotatable bonds is 6. The fourth-order valence-electron chi connectivity index (χ4n) is 3.14. The maximum Gasteiger partial charge on any atom is 0.336 e. The van der Waals surface area contributed by atoms with E-state index in [1.807, 2.05) is 4.90 Å². The van der Waals surface area contributed by atoms with Crippen LogP contribution >= 0.6 is 0 Å². The first-order valence-corrected chi connectivity index (χ1v) is 9.64. The molecule has 150 valence electrons. The van der Waals surface area contributed by atoms with Gasteiger partial charge in [0.15, 0.2) is 6.61 Å². The van der Waals surface area contributed by atoms with Gasteiger partial charge in [-0.15, -0.1) is 0 Å². The van der Waals surface area contributed by atoms with Crippen LogP contribution in [0.2, 0.25) is 0 Å². The van der Waals surface area contributed by atoms with Crippen LogP contribution in [0.25, 0.3) is 11.0 Å². The molecule has 0 atom stereocenters. The lowest BCUT2D eigenvalue weighted by atomic mass is 10.1. The van der Waals surface area contributed by atoms with Crippen molar-refractivity contribution >= 4 is 22.8 Å². The summed E-state index contributed by atoms with van der Waals surface area (Å²) in [6, 6.07) is 8.16. The van der Waals surface area contributed by atoms with E-state index in [0.717, 1.165) is 11.8 Å². The molecule has 0 spiro atoms. The lowest BCUT2D eigenvalue weighted by Crippen LogP contribution is -2.51. The second kappa shape index (κ2) is 8.91. The number of benzene rings is 1. The highest BCUT2D eigenvalue weighted by atomic mass is 16.5. The number of amides is 2. The Hall–Kier alpha value is -2.83. The van der Waals surface area contributed by atoms with E-state index in [4.69, 9.17) is 9.15 Å². The summed E-state index contributed by atoms with van der Waals surface area (Å²) in [5.41, 5.74) is -0.00693. The number of hydrogen-bond acceptors (Lipinski definition) is 5. The third-order valence-corrected chi connectivity index (χ3v) is 4.88. The van der Waals surface area contributed by atoms with Gasteiger partial charge in [-0.3, -0.25) is 9.59 Å². The predicted molar refractivity (Wildman–Crippen MR) is 105 cm³/mol. The number of hydrogen-bond donors (Lipinski definition) is 0. The number of piperazine rings is 1. The summed E-state index contributed by atoms with van der Waals surface area (Å²) in [6.07, 6.45) is 1.45. The smallest absolute Gasteiger partial charge is 0.336 e.